The van der Waals surface area contributed by atoms with Crippen molar-refractivity contribution in [3.8, 4) is 0 Å². The van der Waals surface area contributed by atoms with Gasteiger partial charge in [-0.2, -0.15) is 8.78 Å². The van der Waals surface area contributed by atoms with Crippen LogP contribution in [0.15, 0.2) is 30.3 Å². The van der Waals surface area contributed by atoms with E-state index >= 15 is 0 Å². The highest BCUT2D eigenvalue weighted by Crippen LogP contribution is 2.45. The standard InChI is InChI=1S/C16H19F2NO3/c17-16(18,15(21)7-4-8-15)14(20)19-9-10-22-13(11-19)12-5-2-1-3-6-12/h1-3,5-6,13,21H,4,7-11H2. The van der Waals surface area contributed by atoms with E-state index in [9.17, 15) is 18.7 Å². The number of halogens is 2. The summed E-state index contributed by atoms with van der Waals surface area (Å²) in [4.78, 5) is 13.3. The number of carbonyl (C=O) groups is 1. The third-order valence-corrected chi connectivity index (χ3v) is 4.56. The van der Waals surface area contributed by atoms with Gasteiger partial charge in [0.05, 0.1) is 13.2 Å². The predicted octanol–water partition coefficient (Wildman–Crippen LogP) is 2.14. The fourth-order valence-electron chi connectivity index (χ4n) is 2.93. The van der Waals surface area contributed by atoms with Crippen LogP contribution in [0, 0.1) is 0 Å². The number of amides is 1. The highest BCUT2D eigenvalue weighted by molar-refractivity contribution is 5.85. The van der Waals surface area contributed by atoms with E-state index in [0.717, 1.165) is 10.5 Å². The molecule has 1 aliphatic heterocycles. The second-order valence-electron chi connectivity index (χ2n) is 5.98. The number of benzene rings is 1. The van der Waals surface area contributed by atoms with Crippen molar-refractivity contribution in [1.82, 2.24) is 4.90 Å². The van der Waals surface area contributed by atoms with Gasteiger partial charge in [-0.15, -0.1) is 0 Å². The number of nitrogens with zero attached hydrogens (tertiary/aromatic N) is 1. The van der Waals surface area contributed by atoms with Crippen molar-refractivity contribution in [1.29, 1.82) is 0 Å². The third kappa shape index (κ3) is 2.50. The molecule has 0 aromatic heterocycles. The van der Waals surface area contributed by atoms with Gasteiger partial charge >= 0.3 is 5.92 Å². The van der Waals surface area contributed by atoms with Gasteiger partial charge in [0, 0.05) is 6.54 Å². The molecule has 1 N–H and O–H groups in total. The maximum Gasteiger partial charge on any atom is 0.352 e. The molecule has 2 fully saturated rings. The van der Waals surface area contributed by atoms with Crippen LogP contribution in [0.2, 0.25) is 0 Å². The van der Waals surface area contributed by atoms with Gasteiger partial charge in [-0.25, -0.2) is 0 Å². The van der Waals surface area contributed by atoms with Crippen LogP contribution in [0.1, 0.15) is 30.9 Å². The molecule has 0 bridgehead atoms. The number of hydrogen-bond donors (Lipinski definition) is 1. The molecule has 3 rings (SSSR count). The summed E-state index contributed by atoms with van der Waals surface area (Å²) in [5.41, 5.74) is -1.32. The van der Waals surface area contributed by atoms with Crippen molar-refractivity contribution in [3.63, 3.8) is 0 Å². The Morgan fingerprint density at radius 1 is 1.32 bits per heavy atom. The van der Waals surface area contributed by atoms with Crippen LogP contribution in [0.4, 0.5) is 8.78 Å². The average molecular weight is 311 g/mol. The minimum Gasteiger partial charge on any atom is -0.383 e. The van der Waals surface area contributed by atoms with E-state index in [4.69, 9.17) is 4.74 Å². The molecule has 1 unspecified atom stereocenters. The highest BCUT2D eigenvalue weighted by atomic mass is 19.3. The Balaban J connectivity index is 1.73. The first-order valence-electron chi connectivity index (χ1n) is 7.50. The summed E-state index contributed by atoms with van der Waals surface area (Å²) >= 11 is 0. The average Bonchev–Trinajstić information content (AvgIpc) is 2.52. The summed E-state index contributed by atoms with van der Waals surface area (Å²) in [7, 11) is 0. The number of alkyl halides is 2. The maximum absolute atomic E-state index is 14.3. The number of ether oxygens (including phenoxy) is 1. The van der Waals surface area contributed by atoms with Crippen molar-refractivity contribution in [3.05, 3.63) is 35.9 Å². The fraction of sp³-hybridized carbons (Fsp3) is 0.562. The Bertz CT molecular complexity index is 546. The van der Waals surface area contributed by atoms with Crippen molar-refractivity contribution >= 4 is 5.91 Å². The van der Waals surface area contributed by atoms with Crippen LogP contribution >= 0.6 is 0 Å². The summed E-state index contributed by atoms with van der Waals surface area (Å²) in [6, 6.07) is 9.22. The first-order valence-corrected chi connectivity index (χ1v) is 7.50. The van der Waals surface area contributed by atoms with Gasteiger partial charge < -0.3 is 14.7 Å². The Kier molecular flexibility index (Phi) is 3.91. The number of aliphatic hydroxyl groups is 1. The fourth-order valence-corrected chi connectivity index (χ4v) is 2.93. The summed E-state index contributed by atoms with van der Waals surface area (Å²) in [5.74, 6) is -5.02. The van der Waals surface area contributed by atoms with Crippen LogP contribution in [0.3, 0.4) is 0 Å². The van der Waals surface area contributed by atoms with E-state index in [-0.39, 0.29) is 32.5 Å². The van der Waals surface area contributed by atoms with Gasteiger partial charge in [0.25, 0.3) is 5.91 Å². The first-order chi connectivity index (χ1) is 10.4. The number of morpholine rings is 1. The molecule has 1 saturated carbocycles. The maximum atomic E-state index is 14.3. The van der Waals surface area contributed by atoms with Gasteiger partial charge in [-0.05, 0) is 24.8 Å². The normalized spacial score (nSPS) is 24.7. The molecule has 1 aliphatic carbocycles. The Morgan fingerprint density at radius 3 is 2.59 bits per heavy atom. The number of rotatable bonds is 3. The summed E-state index contributed by atoms with van der Waals surface area (Å²) < 4.78 is 34.1. The van der Waals surface area contributed by atoms with Gasteiger partial charge in [-0.1, -0.05) is 30.3 Å². The molecule has 1 saturated heterocycles. The molecule has 4 nitrogen and oxygen atoms in total. The zero-order chi connectivity index (χ0) is 15.8. The lowest BCUT2D eigenvalue weighted by Crippen LogP contribution is -2.62. The van der Waals surface area contributed by atoms with E-state index in [1.54, 1.807) is 0 Å². The van der Waals surface area contributed by atoms with Crippen molar-refractivity contribution in [2.45, 2.75) is 36.9 Å². The Morgan fingerprint density at radius 2 is 2.00 bits per heavy atom. The molecular weight excluding hydrogens is 292 g/mol. The van der Waals surface area contributed by atoms with Crippen molar-refractivity contribution < 1.29 is 23.4 Å². The Labute approximate surface area is 127 Å². The number of hydrogen-bond acceptors (Lipinski definition) is 3. The third-order valence-electron chi connectivity index (χ3n) is 4.56. The molecule has 0 radical (unpaired) electrons. The quantitative estimate of drug-likeness (QED) is 0.930. The molecule has 1 amide bonds. The predicted molar refractivity (Wildman–Crippen MR) is 75.5 cm³/mol. The highest BCUT2D eigenvalue weighted by Gasteiger charge is 2.62. The first kappa shape index (κ1) is 15.4. The molecule has 1 heterocycles. The summed E-state index contributed by atoms with van der Waals surface area (Å²) in [6.45, 7) is 0.405. The van der Waals surface area contributed by atoms with Gasteiger partial charge in [0.15, 0.2) is 0 Å². The molecule has 1 aromatic rings. The van der Waals surface area contributed by atoms with Crippen LogP contribution in [-0.4, -0.2) is 47.1 Å². The number of carbonyl (C=O) groups excluding carboxylic acids is 1. The molecule has 120 valence electrons. The van der Waals surface area contributed by atoms with Gasteiger partial charge in [-0.3, -0.25) is 4.79 Å². The van der Waals surface area contributed by atoms with Crippen LogP contribution in [-0.2, 0) is 9.53 Å². The summed E-state index contributed by atoms with van der Waals surface area (Å²) in [5, 5.41) is 9.89. The second kappa shape index (κ2) is 5.59. The molecule has 22 heavy (non-hydrogen) atoms. The largest absolute Gasteiger partial charge is 0.383 e. The summed E-state index contributed by atoms with van der Waals surface area (Å²) in [6.07, 6.45) is 0.0524. The zero-order valence-electron chi connectivity index (χ0n) is 12.2. The smallest absolute Gasteiger partial charge is 0.352 e. The van der Waals surface area contributed by atoms with Crippen LogP contribution < -0.4 is 0 Å². The van der Waals surface area contributed by atoms with Gasteiger partial charge in [0.2, 0.25) is 0 Å². The van der Waals surface area contributed by atoms with E-state index in [2.05, 4.69) is 0 Å². The van der Waals surface area contributed by atoms with Crippen molar-refractivity contribution in [2.24, 2.45) is 0 Å². The van der Waals surface area contributed by atoms with Crippen molar-refractivity contribution in [2.75, 3.05) is 19.7 Å². The lowest BCUT2D eigenvalue weighted by Gasteiger charge is -2.44. The molecule has 2 aliphatic rings. The van der Waals surface area contributed by atoms with Crippen LogP contribution in [0.25, 0.3) is 0 Å². The SMILES string of the molecule is O=C(N1CCOC(c2ccccc2)C1)C(F)(F)C1(O)CCC1. The zero-order valence-corrected chi connectivity index (χ0v) is 12.2. The monoisotopic (exact) mass is 311 g/mol. The Hall–Kier alpha value is -1.53. The van der Waals surface area contributed by atoms with Crippen LogP contribution in [0.5, 0.6) is 0 Å². The molecule has 1 aromatic carbocycles. The lowest BCUT2D eigenvalue weighted by atomic mass is 9.75. The molecule has 1 atom stereocenters. The minimum absolute atomic E-state index is 0.0296. The van der Waals surface area contributed by atoms with E-state index < -0.39 is 23.5 Å². The molecular formula is C16H19F2NO3. The lowest BCUT2D eigenvalue weighted by molar-refractivity contribution is -0.226. The van der Waals surface area contributed by atoms with E-state index in [1.807, 2.05) is 30.3 Å². The van der Waals surface area contributed by atoms with Gasteiger partial charge in [0.1, 0.15) is 11.7 Å². The minimum atomic E-state index is -3.73. The molecule has 0 spiro atoms. The topological polar surface area (TPSA) is 49.8 Å². The van der Waals surface area contributed by atoms with E-state index in [1.165, 1.54) is 0 Å². The van der Waals surface area contributed by atoms with E-state index in [0.29, 0.717) is 6.42 Å². The molecule has 6 heteroatoms. The second-order valence-corrected chi connectivity index (χ2v) is 5.98.